The number of nitrogens with one attached hydrogen (secondary N) is 1. The van der Waals surface area contributed by atoms with Crippen molar-refractivity contribution in [1.82, 2.24) is 5.32 Å². The first-order chi connectivity index (χ1) is 8.00. The van der Waals surface area contributed by atoms with Crippen molar-refractivity contribution in [2.45, 2.75) is 32.9 Å². The molecule has 1 atom stereocenters. The summed E-state index contributed by atoms with van der Waals surface area (Å²) in [7, 11) is 0. The number of aliphatic carboxylic acids is 1. The minimum atomic E-state index is -0.786. The van der Waals surface area contributed by atoms with E-state index in [4.69, 9.17) is 5.11 Å². The Morgan fingerprint density at radius 1 is 1.41 bits per heavy atom. The first-order valence-corrected chi connectivity index (χ1v) is 6.49. The zero-order valence-corrected chi connectivity index (χ0v) is 11.7. The van der Waals surface area contributed by atoms with Crippen molar-refractivity contribution in [3.63, 3.8) is 0 Å². The van der Waals surface area contributed by atoms with Crippen molar-refractivity contribution in [2.24, 2.45) is 5.92 Å². The summed E-state index contributed by atoms with van der Waals surface area (Å²) < 4.78 is 1.00. The third-order valence-corrected chi connectivity index (χ3v) is 3.28. The third kappa shape index (κ3) is 4.88. The van der Waals surface area contributed by atoms with E-state index in [1.807, 2.05) is 38.1 Å². The SMILES string of the molecule is CC(C)CC(NCc1ccccc1Br)C(=O)O. The van der Waals surface area contributed by atoms with E-state index in [1.54, 1.807) is 0 Å². The Balaban J connectivity index is 2.58. The molecule has 1 rings (SSSR count). The van der Waals surface area contributed by atoms with Crippen LogP contribution in [0.15, 0.2) is 28.7 Å². The van der Waals surface area contributed by atoms with Crippen LogP contribution in [0.3, 0.4) is 0 Å². The molecule has 1 aromatic carbocycles. The molecular formula is C13H18BrNO2. The van der Waals surface area contributed by atoms with Gasteiger partial charge in [0.15, 0.2) is 0 Å². The van der Waals surface area contributed by atoms with Gasteiger partial charge in [0.05, 0.1) is 0 Å². The highest BCUT2D eigenvalue weighted by molar-refractivity contribution is 9.10. The fraction of sp³-hybridized carbons (Fsp3) is 0.462. The van der Waals surface area contributed by atoms with Crippen LogP contribution in [-0.2, 0) is 11.3 Å². The predicted octanol–water partition coefficient (Wildman–Crippen LogP) is 3.04. The third-order valence-electron chi connectivity index (χ3n) is 2.50. The minimum Gasteiger partial charge on any atom is -0.480 e. The molecule has 0 fully saturated rings. The van der Waals surface area contributed by atoms with Crippen LogP contribution in [-0.4, -0.2) is 17.1 Å². The number of hydrogen-bond acceptors (Lipinski definition) is 2. The molecule has 0 saturated carbocycles. The van der Waals surface area contributed by atoms with E-state index in [9.17, 15) is 4.79 Å². The monoisotopic (exact) mass is 299 g/mol. The molecule has 0 heterocycles. The number of hydrogen-bond donors (Lipinski definition) is 2. The highest BCUT2D eigenvalue weighted by atomic mass is 79.9. The largest absolute Gasteiger partial charge is 0.480 e. The van der Waals surface area contributed by atoms with Crippen LogP contribution < -0.4 is 5.32 Å². The van der Waals surface area contributed by atoms with E-state index in [2.05, 4.69) is 21.2 Å². The summed E-state index contributed by atoms with van der Waals surface area (Å²) >= 11 is 3.45. The van der Waals surface area contributed by atoms with Gasteiger partial charge in [-0.05, 0) is 24.0 Å². The van der Waals surface area contributed by atoms with Crippen LogP contribution in [0.4, 0.5) is 0 Å². The number of halogens is 1. The summed E-state index contributed by atoms with van der Waals surface area (Å²) in [5, 5.41) is 12.2. The molecule has 0 spiro atoms. The smallest absolute Gasteiger partial charge is 0.320 e. The van der Waals surface area contributed by atoms with Gasteiger partial charge in [-0.15, -0.1) is 0 Å². The lowest BCUT2D eigenvalue weighted by Gasteiger charge is -2.16. The van der Waals surface area contributed by atoms with E-state index in [-0.39, 0.29) is 0 Å². The van der Waals surface area contributed by atoms with Crippen LogP contribution in [0.1, 0.15) is 25.8 Å². The Morgan fingerprint density at radius 2 is 2.06 bits per heavy atom. The molecule has 0 aromatic heterocycles. The van der Waals surface area contributed by atoms with Gasteiger partial charge in [-0.3, -0.25) is 4.79 Å². The van der Waals surface area contributed by atoms with Gasteiger partial charge in [-0.25, -0.2) is 0 Å². The molecule has 17 heavy (non-hydrogen) atoms. The second-order valence-electron chi connectivity index (χ2n) is 4.49. The Labute approximate surface area is 110 Å². The second kappa shape index (κ2) is 6.77. The van der Waals surface area contributed by atoms with E-state index in [1.165, 1.54) is 0 Å². The van der Waals surface area contributed by atoms with Crippen molar-refractivity contribution in [3.8, 4) is 0 Å². The minimum absolute atomic E-state index is 0.364. The van der Waals surface area contributed by atoms with Crippen molar-refractivity contribution >= 4 is 21.9 Å². The molecule has 0 aliphatic heterocycles. The van der Waals surface area contributed by atoms with Crippen molar-refractivity contribution in [2.75, 3.05) is 0 Å². The Hall–Kier alpha value is -0.870. The number of carboxylic acids is 1. The van der Waals surface area contributed by atoms with Crippen LogP contribution in [0.25, 0.3) is 0 Å². The van der Waals surface area contributed by atoms with Crippen LogP contribution in [0.5, 0.6) is 0 Å². The van der Waals surface area contributed by atoms with Crippen LogP contribution in [0, 0.1) is 5.92 Å². The maximum absolute atomic E-state index is 11.1. The standard InChI is InChI=1S/C13H18BrNO2/c1-9(2)7-12(13(16)17)15-8-10-5-3-4-6-11(10)14/h3-6,9,12,15H,7-8H2,1-2H3,(H,16,17). The molecule has 1 aromatic rings. The van der Waals surface area contributed by atoms with E-state index >= 15 is 0 Å². The Morgan fingerprint density at radius 3 is 2.59 bits per heavy atom. The average molecular weight is 300 g/mol. The molecule has 94 valence electrons. The Kier molecular flexibility index (Phi) is 5.65. The van der Waals surface area contributed by atoms with Crippen molar-refractivity contribution < 1.29 is 9.90 Å². The normalized spacial score (nSPS) is 12.7. The quantitative estimate of drug-likeness (QED) is 0.849. The van der Waals surface area contributed by atoms with Crippen molar-refractivity contribution in [1.29, 1.82) is 0 Å². The summed E-state index contributed by atoms with van der Waals surface area (Å²) in [5.74, 6) is -0.423. The summed E-state index contributed by atoms with van der Waals surface area (Å²) in [5.41, 5.74) is 1.07. The molecule has 4 heteroatoms. The summed E-state index contributed by atoms with van der Waals surface area (Å²) in [6, 6.07) is 7.33. The van der Waals surface area contributed by atoms with Gasteiger partial charge in [-0.2, -0.15) is 0 Å². The molecule has 1 unspecified atom stereocenters. The first-order valence-electron chi connectivity index (χ1n) is 5.70. The highest BCUT2D eigenvalue weighted by Gasteiger charge is 2.18. The molecular weight excluding hydrogens is 282 g/mol. The van der Waals surface area contributed by atoms with Gasteiger partial charge in [0.1, 0.15) is 6.04 Å². The second-order valence-corrected chi connectivity index (χ2v) is 5.35. The highest BCUT2D eigenvalue weighted by Crippen LogP contribution is 2.16. The number of rotatable bonds is 6. The van der Waals surface area contributed by atoms with Gasteiger partial charge < -0.3 is 10.4 Å². The molecule has 0 saturated heterocycles. The maximum atomic E-state index is 11.1. The summed E-state index contributed by atoms with van der Waals surface area (Å²) in [4.78, 5) is 11.1. The average Bonchev–Trinajstić information content (AvgIpc) is 2.25. The molecule has 0 aliphatic carbocycles. The summed E-state index contributed by atoms with van der Waals surface area (Å²) in [6.45, 7) is 4.61. The molecule has 2 N–H and O–H groups in total. The van der Waals surface area contributed by atoms with Gasteiger partial charge in [0.25, 0.3) is 0 Å². The lowest BCUT2D eigenvalue weighted by molar-refractivity contribution is -0.140. The van der Waals surface area contributed by atoms with Crippen molar-refractivity contribution in [3.05, 3.63) is 34.3 Å². The van der Waals surface area contributed by atoms with Gasteiger partial charge in [-0.1, -0.05) is 48.0 Å². The number of carbonyl (C=O) groups is 1. The number of carboxylic acid groups (broad SMARTS) is 1. The fourth-order valence-corrected chi connectivity index (χ4v) is 2.04. The lowest BCUT2D eigenvalue weighted by Crippen LogP contribution is -2.37. The van der Waals surface area contributed by atoms with E-state index in [0.29, 0.717) is 18.9 Å². The lowest BCUT2D eigenvalue weighted by atomic mass is 10.0. The van der Waals surface area contributed by atoms with Gasteiger partial charge in [0, 0.05) is 11.0 Å². The fourth-order valence-electron chi connectivity index (χ4n) is 1.62. The van der Waals surface area contributed by atoms with Crippen LogP contribution in [0.2, 0.25) is 0 Å². The summed E-state index contributed by atoms with van der Waals surface area (Å²) in [6.07, 6.45) is 0.639. The zero-order chi connectivity index (χ0) is 12.8. The molecule has 0 aliphatic rings. The van der Waals surface area contributed by atoms with Crippen LogP contribution >= 0.6 is 15.9 Å². The van der Waals surface area contributed by atoms with Gasteiger partial charge >= 0.3 is 5.97 Å². The van der Waals surface area contributed by atoms with E-state index in [0.717, 1.165) is 10.0 Å². The number of benzene rings is 1. The Bertz CT molecular complexity index is 379. The molecule has 0 bridgehead atoms. The zero-order valence-electron chi connectivity index (χ0n) is 10.1. The molecule has 3 nitrogen and oxygen atoms in total. The topological polar surface area (TPSA) is 49.3 Å². The molecule has 0 radical (unpaired) electrons. The van der Waals surface area contributed by atoms with E-state index < -0.39 is 12.0 Å². The predicted molar refractivity (Wildman–Crippen MR) is 71.9 cm³/mol. The maximum Gasteiger partial charge on any atom is 0.320 e. The first kappa shape index (κ1) is 14.2. The van der Waals surface area contributed by atoms with Gasteiger partial charge in [0.2, 0.25) is 0 Å². The molecule has 0 amide bonds.